The second kappa shape index (κ2) is 8.75. The highest BCUT2D eigenvalue weighted by Crippen LogP contribution is 2.24. The van der Waals surface area contributed by atoms with Crippen LogP contribution in [0.15, 0.2) is 77.4 Å². The van der Waals surface area contributed by atoms with Gasteiger partial charge in [0.05, 0.1) is 18.8 Å². The topological polar surface area (TPSA) is 74.6 Å². The highest BCUT2D eigenvalue weighted by atomic mass is 16.3. The lowest BCUT2D eigenvalue weighted by molar-refractivity contribution is -0.117. The summed E-state index contributed by atoms with van der Waals surface area (Å²) in [5.41, 5.74) is 2.59. The number of carbonyl (C=O) groups is 2. The number of anilines is 2. The molecule has 2 amide bonds. The van der Waals surface area contributed by atoms with Crippen LogP contribution in [0.25, 0.3) is 0 Å². The first-order chi connectivity index (χ1) is 14.2. The van der Waals surface area contributed by atoms with E-state index in [9.17, 15) is 9.59 Å². The molecule has 2 heterocycles. The van der Waals surface area contributed by atoms with Crippen LogP contribution in [-0.2, 0) is 9.59 Å². The van der Waals surface area contributed by atoms with Gasteiger partial charge in [-0.3, -0.25) is 14.9 Å². The molecule has 1 aliphatic rings. The minimum absolute atomic E-state index is 0.132. The molecule has 0 bridgehead atoms. The van der Waals surface area contributed by atoms with Crippen molar-refractivity contribution in [3.05, 3.63) is 84.3 Å². The highest BCUT2D eigenvalue weighted by Gasteiger charge is 2.21. The molecule has 6 heteroatoms. The highest BCUT2D eigenvalue weighted by molar-refractivity contribution is 5.96. The molecule has 1 saturated heterocycles. The van der Waals surface area contributed by atoms with Crippen LogP contribution >= 0.6 is 0 Å². The van der Waals surface area contributed by atoms with Gasteiger partial charge in [0.15, 0.2) is 0 Å². The van der Waals surface area contributed by atoms with E-state index in [4.69, 9.17) is 4.42 Å². The van der Waals surface area contributed by atoms with Gasteiger partial charge in [-0.1, -0.05) is 30.3 Å². The number of benzene rings is 2. The van der Waals surface area contributed by atoms with Crippen LogP contribution in [0, 0.1) is 0 Å². The molecule has 3 aromatic rings. The molecule has 0 spiro atoms. The van der Waals surface area contributed by atoms with Crippen molar-refractivity contribution in [2.75, 3.05) is 23.3 Å². The third kappa shape index (κ3) is 4.55. The van der Waals surface area contributed by atoms with Gasteiger partial charge < -0.3 is 14.6 Å². The van der Waals surface area contributed by atoms with Gasteiger partial charge >= 0.3 is 0 Å². The summed E-state index contributed by atoms with van der Waals surface area (Å²) in [6, 6.07) is 20.7. The maximum absolute atomic E-state index is 12.4. The number of hydrogen-bond donors (Lipinski definition) is 2. The fourth-order valence-corrected chi connectivity index (χ4v) is 3.53. The normalized spacial score (nSPS) is 14.8. The van der Waals surface area contributed by atoms with Crippen LogP contribution < -0.4 is 15.5 Å². The summed E-state index contributed by atoms with van der Waals surface area (Å²) in [6.45, 7) is 0.884. The molecule has 2 aromatic carbocycles. The Morgan fingerprint density at radius 2 is 1.83 bits per heavy atom. The Hall–Kier alpha value is -3.38. The molecule has 0 unspecified atom stereocenters. The van der Waals surface area contributed by atoms with E-state index < -0.39 is 0 Å². The molecule has 4 rings (SSSR count). The molecule has 1 aromatic heterocycles. The van der Waals surface area contributed by atoms with Gasteiger partial charge in [-0.2, -0.15) is 0 Å². The number of nitrogens with zero attached hydrogens (tertiary/aromatic N) is 1. The van der Waals surface area contributed by atoms with Crippen molar-refractivity contribution in [3.8, 4) is 0 Å². The van der Waals surface area contributed by atoms with Crippen molar-refractivity contribution in [2.45, 2.75) is 18.9 Å². The number of furan rings is 1. The summed E-state index contributed by atoms with van der Waals surface area (Å²) in [5, 5.41) is 6.15. The van der Waals surface area contributed by atoms with E-state index >= 15 is 0 Å². The third-order valence-electron chi connectivity index (χ3n) is 4.96. The smallest absolute Gasteiger partial charge is 0.238 e. The Balaban J connectivity index is 1.37. The lowest BCUT2D eigenvalue weighted by atomic mass is 10.0. The van der Waals surface area contributed by atoms with Gasteiger partial charge in [-0.05, 0) is 48.4 Å². The molecule has 0 saturated carbocycles. The Labute approximate surface area is 169 Å². The van der Waals surface area contributed by atoms with E-state index in [0.29, 0.717) is 12.1 Å². The molecule has 0 radical (unpaired) electrons. The fraction of sp³-hybridized carbons (Fsp3) is 0.217. The van der Waals surface area contributed by atoms with Crippen LogP contribution in [0.4, 0.5) is 11.4 Å². The maximum Gasteiger partial charge on any atom is 0.238 e. The van der Waals surface area contributed by atoms with Crippen molar-refractivity contribution >= 4 is 23.2 Å². The quantitative estimate of drug-likeness (QED) is 0.646. The number of carbonyl (C=O) groups excluding carboxylic acids is 2. The SMILES string of the molecule is O=C(CN[C@@H](c1ccccc1)c1ccco1)Nc1ccc(N2CCCC2=O)cc1. The first-order valence-electron chi connectivity index (χ1n) is 9.73. The Morgan fingerprint density at radius 3 is 2.48 bits per heavy atom. The molecule has 1 aliphatic heterocycles. The summed E-state index contributed by atoms with van der Waals surface area (Å²) in [7, 11) is 0. The second-order valence-corrected chi connectivity index (χ2v) is 6.98. The Kier molecular flexibility index (Phi) is 5.72. The van der Waals surface area contributed by atoms with Crippen LogP contribution in [0.5, 0.6) is 0 Å². The summed E-state index contributed by atoms with van der Waals surface area (Å²) in [4.78, 5) is 26.1. The molecule has 148 valence electrons. The lowest BCUT2D eigenvalue weighted by Crippen LogP contribution is -2.31. The fourth-order valence-electron chi connectivity index (χ4n) is 3.53. The van der Waals surface area contributed by atoms with Gasteiger partial charge in [0.25, 0.3) is 0 Å². The largest absolute Gasteiger partial charge is 0.467 e. The standard InChI is InChI=1S/C23H23N3O3/c27-21(25-18-10-12-19(13-11-18)26-14-4-9-22(26)28)16-24-23(20-8-5-15-29-20)17-6-2-1-3-7-17/h1-3,5-8,10-13,15,23-24H,4,9,14,16H2,(H,25,27)/t23-/m0/s1. The average Bonchev–Trinajstić information content (AvgIpc) is 3.42. The first kappa shape index (κ1) is 19.0. The number of hydrogen-bond acceptors (Lipinski definition) is 4. The predicted molar refractivity (Wildman–Crippen MR) is 112 cm³/mol. The number of amides is 2. The van der Waals surface area contributed by atoms with E-state index in [2.05, 4.69) is 10.6 Å². The zero-order valence-electron chi connectivity index (χ0n) is 16.0. The van der Waals surface area contributed by atoms with Gasteiger partial charge in [-0.25, -0.2) is 0 Å². The molecule has 0 aliphatic carbocycles. The number of rotatable bonds is 7. The summed E-state index contributed by atoms with van der Waals surface area (Å²) in [6.07, 6.45) is 3.11. The van der Waals surface area contributed by atoms with Crippen LogP contribution in [-0.4, -0.2) is 24.9 Å². The summed E-state index contributed by atoms with van der Waals surface area (Å²) in [5.74, 6) is 0.752. The van der Waals surface area contributed by atoms with Crippen LogP contribution in [0.3, 0.4) is 0 Å². The molecule has 29 heavy (non-hydrogen) atoms. The Bertz CT molecular complexity index is 953. The van der Waals surface area contributed by atoms with E-state index in [1.54, 1.807) is 11.2 Å². The average molecular weight is 389 g/mol. The molecule has 6 nitrogen and oxygen atoms in total. The molecular weight excluding hydrogens is 366 g/mol. The van der Waals surface area contributed by atoms with Crippen molar-refractivity contribution in [2.24, 2.45) is 0 Å². The molecule has 1 fully saturated rings. The lowest BCUT2D eigenvalue weighted by Gasteiger charge is -2.18. The van der Waals surface area contributed by atoms with E-state index in [-0.39, 0.29) is 24.4 Å². The second-order valence-electron chi connectivity index (χ2n) is 6.98. The van der Waals surface area contributed by atoms with E-state index in [0.717, 1.165) is 30.0 Å². The molecule has 1 atom stereocenters. The van der Waals surface area contributed by atoms with Crippen molar-refractivity contribution in [1.29, 1.82) is 0 Å². The van der Waals surface area contributed by atoms with Gasteiger partial charge in [0.1, 0.15) is 5.76 Å². The van der Waals surface area contributed by atoms with Gasteiger partial charge in [0, 0.05) is 24.3 Å². The zero-order chi connectivity index (χ0) is 20.1. The summed E-state index contributed by atoms with van der Waals surface area (Å²) >= 11 is 0. The van der Waals surface area contributed by atoms with Crippen LogP contribution in [0.2, 0.25) is 0 Å². The zero-order valence-corrected chi connectivity index (χ0v) is 16.0. The van der Waals surface area contributed by atoms with Crippen molar-refractivity contribution in [1.82, 2.24) is 5.32 Å². The molecule has 2 N–H and O–H groups in total. The van der Waals surface area contributed by atoms with Crippen LogP contribution in [0.1, 0.15) is 30.2 Å². The first-order valence-corrected chi connectivity index (χ1v) is 9.73. The summed E-state index contributed by atoms with van der Waals surface area (Å²) < 4.78 is 5.54. The van der Waals surface area contributed by atoms with Gasteiger partial charge in [0.2, 0.25) is 11.8 Å². The van der Waals surface area contributed by atoms with Crippen molar-refractivity contribution in [3.63, 3.8) is 0 Å². The number of nitrogens with one attached hydrogen (secondary N) is 2. The monoisotopic (exact) mass is 389 g/mol. The van der Waals surface area contributed by atoms with Gasteiger partial charge in [-0.15, -0.1) is 0 Å². The molecular formula is C23H23N3O3. The third-order valence-corrected chi connectivity index (χ3v) is 4.96. The predicted octanol–water partition coefficient (Wildman–Crippen LogP) is 3.72. The minimum atomic E-state index is -0.208. The Morgan fingerprint density at radius 1 is 1.03 bits per heavy atom. The van der Waals surface area contributed by atoms with E-state index in [1.165, 1.54) is 0 Å². The maximum atomic E-state index is 12.4. The minimum Gasteiger partial charge on any atom is -0.467 e. The van der Waals surface area contributed by atoms with Crippen molar-refractivity contribution < 1.29 is 14.0 Å². The van der Waals surface area contributed by atoms with E-state index in [1.807, 2.05) is 66.7 Å².